The van der Waals surface area contributed by atoms with E-state index in [-0.39, 0.29) is 17.5 Å². The second-order valence-corrected chi connectivity index (χ2v) is 5.95. The number of halogens is 2. The van der Waals surface area contributed by atoms with Crippen LogP contribution in [0.4, 0.5) is 11.6 Å². The minimum Gasteiger partial charge on any atom is -0.347 e. The largest absolute Gasteiger partial charge is 0.347 e. The van der Waals surface area contributed by atoms with E-state index < -0.39 is 0 Å². The van der Waals surface area contributed by atoms with Gasteiger partial charge in [0, 0.05) is 12.7 Å². The second kappa shape index (κ2) is 7.96. The number of amides is 1. The van der Waals surface area contributed by atoms with Crippen LogP contribution in [-0.4, -0.2) is 15.9 Å². The highest BCUT2D eigenvalue weighted by molar-refractivity contribution is 6.43. The number of rotatable bonds is 5. The number of hydrogen-bond acceptors (Lipinski definition) is 4. The molecule has 0 aliphatic carbocycles. The summed E-state index contributed by atoms with van der Waals surface area (Å²) in [5.74, 6) is -0.0250. The minimum absolute atomic E-state index is 0.256. The van der Waals surface area contributed by atoms with Crippen LogP contribution in [0.5, 0.6) is 0 Å². The standard InChI is InChI=1S/C18H14Cl2N4O/c19-13-7-4-8-14(16(13)20)23-18-21-10-9-15(24-18)17(25)22-11-12-5-2-1-3-6-12/h1-10H,11H2,(H,22,25)(H,21,23,24). The number of hydrogen-bond donors (Lipinski definition) is 2. The van der Waals surface area contributed by atoms with Crippen molar-refractivity contribution in [1.29, 1.82) is 0 Å². The van der Waals surface area contributed by atoms with Crippen LogP contribution >= 0.6 is 23.2 Å². The van der Waals surface area contributed by atoms with Gasteiger partial charge in [-0.1, -0.05) is 59.6 Å². The molecule has 1 aromatic heterocycles. The number of carbonyl (C=O) groups excluding carboxylic acids is 1. The summed E-state index contributed by atoms with van der Waals surface area (Å²) < 4.78 is 0. The van der Waals surface area contributed by atoms with Gasteiger partial charge >= 0.3 is 0 Å². The van der Waals surface area contributed by atoms with E-state index >= 15 is 0 Å². The molecule has 0 aliphatic heterocycles. The summed E-state index contributed by atoms with van der Waals surface area (Å²) in [6, 6.07) is 16.4. The van der Waals surface area contributed by atoms with Crippen molar-refractivity contribution in [3.8, 4) is 0 Å². The molecule has 0 saturated carbocycles. The summed E-state index contributed by atoms with van der Waals surface area (Å²) in [4.78, 5) is 20.6. The first-order valence-corrected chi connectivity index (χ1v) is 8.25. The first kappa shape index (κ1) is 17.2. The monoisotopic (exact) mass is 372 g/mol. The molecule has 0 saturated heterocycles. The fourth-order valence-electron chi connectivity index (χ4n) is 2.13. The topological polar surface area (TPSA) is 66.9 Å². The van der Waals surface area contributed by atoms with Crippen molar-refractivity contribution in [2.75, 3.05) is 5.32 Å². The van der Waals surface area contributed by atoms with E-state index in [4.69, 9.17) is 23.2 Å². The van der Waals surface area contributed by atoms with Crippen molar-refractivity contribution >= 4 is 40.7 Å². The average Bonchev–Trinajstić information content (AvgIpc) is 2.64. The summed E-state index contributed by atoms with van der Waals surface area (Å²) in [7, 11) is 0. The first-order chi connectivity index (χ1) is 12.1. The molecule has 1 amide bonds. The van der Waals surface area contributed by atoms with Crippen molar-refractivity contribution < 1.29 is 4.79 Å². The number of aromatic nitrogens is 2. The lowest BCUT2D eigenvalue weighted by atomic mass is 10.2. The molecular weight excluding hydrogens is 359 g/mol. The molecule has 25 heavy (non-hydrogen) atoms. The third kappa shape index (κ3) is 4.47. The van der Waals surface area contributed by atoms with Crippen LogP contribution in [0.3, 0.4) is 0 Å². The Balaban J connectivity index is 1.70. The summed E-state index contributed by atoms with van der Waals surface area (Å²) in [5, 5.41) is 6.57. The third-order valence-corrected chi connectivity index (χ3v) is 4.20. The Morgan fingerprint density at radius 3 is 2.60 bits per heavy atom. The van der Waals surface area contributed by atoms with Crippen molar-refractivity contribution in [1.82, 2.24) is 15.3 Å². The Morgan fingerprint density at radius 2 is 1.80 bits per heavy atom. The van der Waals surface area contributed by atoms with Crippen molar-refractivity contribution in [3.05, 3.63) is 82.1 Å². The van der Waals surface area contributed by atoms with Crippen LogP contribution in [0.1, 0.15) is 16.1 Å². The Bertz CT molecular complexity index is 887. The Labute approximate surface area is 155 Å². The number of nitrogens with zero attached hydrogens (tertiary/aromatic N) is 2. The van der Waals surface area contributed by atoms with Gasteiger partial charge in [0.2, 0.25) is 5.95 Å². The zero-order chi connectivity index (χ0) is 17.6. The Morgan fingerprint density at radius 1 is 1.00 bits per heavy atom. The van der Waals surface area contributed by atoms with Gasteiger partial charge in [-0.3, -0.25) is 4.79 Å². The van der Waals surface area contributed by atoms with Gasteiger partial charge in [-0.2, -0.15) is 0 Å². The van der Waals surface area contributed by atoms with Gasteiger partial charge in [-0.05, 0) is 23.8 Å². The van der Waals surface area contributed by atoms with Crippen LogP contribution in [0.25, 0.3) is 0 Å². The summed E-state index contributed by atoms with van der Waals surface area (Å²) in [6.45, 7) is 0.423. The average molecular weight is 373 g/mol. The van der Waals surface area contributed by atoms with Crippen LogP contribution in [0, 0.1) is 0 Å². The second-order valence-electron chi connectivity index (χ2n) is 5.16. The lowest BCUT2D eigenvalue weighted by Crippen LogP contribution is -2.24. The zero-order valence-corrected chi connectivity index (χ0v) is 14.6. The predicted molar refractivity (Wildman–Crippen MR) is 99.4 cm³/mol. The highest BCUT2D eigenvalue weighted by atomic mass is 35.5. The number of carbonyl (C=O) groups is 1. The molecule has 0 unspecified atom stereocenters. The zero-order valence-electron chi connectivity index (χ0n) is 13.0. The van der Waals surface area contributed by atoms with Gasteiger partial charge in [-0.15, -0.1) is 0 Å². The van der Waals surface area contributed by atoms with Crippen LogP contribution in [0.2, 0.25) is 10.0 Å². The van der Waals surface area contributed by atoms with E-state index in [0.717, 1.165) is 5.56 Å². The van der Waals surface area contributed by atoms with Crippen LogP contribution in [-0.2, 0) is 6.54 Å². The molecule has 2 aromatic carbocycles. The molecule has 3 aromatic rings. The summed E-state index contributed by atoms with van der Waals surface area (Å²) in [5.41, 5.74) is 1.83. The maximum Gasteiger partial charge on any atom is 0.270 e. The molecule has 2 N–H and O–H groups in total. The van der Waals surface area contributed by atoms with Gasteiger partial charge < -0.3 is 10.6 Å². The Hall–Kier alpha value is -2.63. The van der Waals surface area contributed by atoms with Crippen molar-refractivity contribution in [3.63, 3.8) is 0 Å². The molecule has 3 rings (SSSR count). The van der Waals surface area contributed by atoms with E-state index in [0.29, 0.717) is 22.3 Å². The van der Waals surface area contributed by atoms with E-state index in [1.54, 1.807) is 24.3 Å². The molecular formula is C18H14Cl2N4O. The summed E-state index contributed by atoms with van der Waals surface area (Å²) in [6.07, 6.45) is 1.51. The van der Waals surface area contributed by atoms with Gasteiger partial charge in [0.15, 0.2) is 0 Å². The molecule has 0 aliphatic rings. The molecule has 126 valence electrons. The number of nitrogens with one attached hydrogen (secondary N) is 2. The molecule has 0 fully saturated rings. The molecule has 7 heteroatoms. The van der Waals surface area contributed by atoms with Gasteiger partial charge in [-0.25, -0.2) is 9.97 Å². The van der Waals surface area contributed by atoms with Gasteiger partial charge in [0.05, 0.1) is 15.7 Å². The number of benzene rings is 2. The quantitative estimate of drug-likeness (QED) is 0.693. The first-order valence-electron chi connectivity index (χ1n) is 7.49. The lowest BCUT2D eigenvalue weighted by Gasteiger charge is -2.09. The smallest absolute Gasteiger partial charge is 0.270 e. The van der Waals surface area contributed by atoms with Gasteiger partial charge in [0.25, 0.3) is 5.91 Å². The van der Waals surface area contributed by atoms with Crippen molar-refractivity contribution in [2.45, 2.75) is 6.54 Å². The van der Waals surface area contributed by atoms with Crippen molar-refractivity contribution in [2.24, 2.45) is 0 Å². The van der Waals surface area contributed by atoms with E-state index in [1.165, 1.54) is 6.20 Å². The van der Waals surface area contributed by atoms with Crippen LogP contribution < -0.4 is 10.6 Å². The molecule has 0 bridgehead atoms. The van der Waals surface area contributed by atoms with E-state index in [1.807, 2.05) is 30.3 Å². The van der Waals surface area contributed by atoms with Crippen LogP contribution in [0.15, 0.2) is 60.8 Å². The summed E-state index contributed by atoms with van der Waals surface area (Å²) >= 11 is 12.1. The fourth-order valence-corrected chi connectivity index (χ4v) is 2.48. The maximum absolute atomic E-state index is 12.3. The Kier molecular flexibility index (Phi) is 5.48. The molecule has 0 spiro atoms. The van der Waals surface area contributed by atoms with E-state index in [9.17, 15) is 4.79 Å². The third-order valence-electron chi connectivity index (χ3n) is 3.38. The normalized spacial score (nSPS) is 10.3. The molecule has 5 nitrogen and oxygen atoms in total. The predicted octanol–water partition coefficient (Wildman–Crippen LogP) is 4.46. The number of anilines is 2. The molecule has 0 atom stereocenters. The molecule has 1 heterocycles. The minimum atomic E-state index is -0.286. The molecule has 0 radical (unpaired) electrons. The van der Waals surface area contributed by atoms with Gasteiger partial charge in [0.1, 0.15) is 5.69 Å². The lowest BCUT2D eigenvalue weighted by molar-refractivity contribution is 0.0946. The van der Waals surface area contributed by atoms with E-state index in [2.05, 4.69) is 20.6 Å². The fraction of sp³-hybridized carbons (Fsp3) is 0.0556. The highest BCUT2D eigenvalue weighted by Gasteiger charge is 2.10. The maximum atomic E-state index is 12.3. The highest BCUT2D eigenvalue weighted by Crippen LogP contribution is 2.30. The SMILES string of the molecule is O=C(NCc1ccccc1)c1ccnc(Nc2cccc(Cl)c2Cl)n1.